The Hall–Kier alpha value is -1.22. The molecule has 0 atom stereocenters. The summed E-state index contributed by atoms with van der Waals surface area (Å²) in [6, 6.07) is 5.55. The summed E-state index contributed by atoms with van der Waals surface area (Å²) in [7, 11) is -3.44. The van der Waals surface area contributed by atoms with Crippen molar-refractivity contribution in [2.24, 2.45) is 0 Å². The predicted molar refractivity (Wildman–Crippen MR) is 114 cm³/mol. The molecule has 6 nitrogen and oxygen atoms in total. The monoisotopic (exact) mass is 423 g/mol. The van der Waals surface area contributed by atoms with Crippen molar-refractivity contribution in [2.75, 3.05) is 26.2 Å². The molecule has 0 aliphatic carbocycles. The van der Waals surface area contributed by atoms with Crippen LogP contribution in [-0.4, -0.2) is 48.0 Å². The van der Waals surface area contributed by atoms with Crippen LogP contribution in [-0.2, 0) is 23.2 Å². The molecule has 2 fully saturated rings. The van der Waals surface area contributed by atoms with Gasteiger partial charge < -0.3 is 9.47 Å². The van der Waals surface area contributed by atoms with Crippen molar-refractivity contribution in [2.45, 2.75) is 63.6 Å². The van der Waals surface area contributed by atoms with Crippen LogP contribution in [0.4, 0.5) is 0 Å². The molecule has 0 unspecified atom stereocenters. The number of fused-ring (bicyclic) bond motifs is 1. The van der Waals surface area contributed by atoms with E-state index in [1.54, 1.807) is 10.4 Å². The van der Waals surface area contributed by atoms with E-state index in [2.05, 4.69) is 16.1 Å². The van der Waals surface area contributed by atoms with E-state index in [1.165, 1.54) is 24.2 Å². The molecule has 0 saturated carbocycles. The van der Waals surface area contributed by atoms with Crippen LogP contribution in [0.3, 0.4) is 0 Å². The predicted octanol–water partition coefficient (Wildman–Crippen LogP) is 2.39. The van der Waals surface area contributed by atoms with Gasteiger partial charge in [-0.3, -0.25) is 4.57 Å². The summed E-state index contributed by atoms with van der Waals surface area (Å²) in [5.74, 6) is 0. The van der Waals surface area contributed by atoms with Crippen molar-refractivity contribution in [1.29, 1.82) is 0 Å². The Bertz CT molecular complexity index is 997. The third-order valence-corrected chi connectivity index (χ3v) is 8.54. The molecule has 2 aliphatic rings. The first kappa shape index (κ1) is 20.1. The molecule has 4 rings (SSSR count). The van der Waals surface area contributed by atoms with Gasteiger partial charge in [0, 0.05) is 19.6 Å². The second kappa shape index (κ2) is 8.26. The number of hydrogen-bond acceptors (Lipinski definition) is 3. The third kappa shape index (κ3) is 3.67. The molecular weight excluding hydrogens is 392 g/mol. The van der Waals surface area contributed by atoms with Gasteiger partial charge in [-0.15, -0.1) is 0 Å². The lowest BCUT2D eigenvalue weighted by Gasteiger charge is -2.26. The number of nitrogens with one attached hydrogen (secondary N) is 1. The van der Waals surface area contributed by atoms with Gasteiger partial charge in [-0.2, -0.15) is 4.31 Å². The number of sulfonamides is 1. The van der Waals surface area contributed by atoms with Gasteiger partial charge in [0.1, 0.15) is 0 Å². The van der Waals surface area contributed by atoms with Gasteiger partial charge in [-0.25, -0.2) is 8.42 Å². The fourth-order valence-electron chi connectivity index (χ4n) is 4.61. The van der Waals surface area contributed by atoms with Crippen molar-refractivity contribution in [3.05, 3.63) is 23.0 Å². The van der Waals surface area contributed by atoms with Crippen molar-refractivity contribution in [3.63, 3.8) is 0 Å². The number of benzene rings is 1. The Balaban J connectivity index is 1.76. The van der Waals surface area contributed by atoms with E-state index in [1.807, 2.05) is 12.1 Å². The molecule has 154 valence electrons. The van der Waals surface area contributed by atoms with Crippen LogP contribution in [0.5, 0.6) is 0 Å². The number of quaternary nitrogens is 1. The zero-order valence-electron chi connectivity index (χ0n) is 16.7. The number of imidazole rings is 1. The van der Waals surface area contributed by atoms with Crippen molar-refractivity contribution < 1.29 is 13.3 Å². The Morgan fingerprint density at radius 2 is 1.64 bits per heavy atom. The number of aromatic nitrogens is 2. The van der Waals surface area contributed by atoms with Gasteiger partial charge in [0.25, 0.3) is 0 Å². The number of piperidine rings is 2. The fraction of sp³-hybridized carbons (Fsp3) is 0.650. The summed E-state index contributed by atoms with van der Waals surface area (Å²) in [6.07, 6.45) is 6.82. The van der Waals surface area contributed by atoms with Gasteiger partial charge in [0.05, 0.1) is 29.0 Å². The smallest absolute Gasteiger partial charge is 0.243 e. The lowest BCUT2D eigenvalue weighted by Crippen LogP contribution is -3.12. The molecule has 0 spiro atoms. The quantitative estimate of drug-likeness (QED) is 0.752. The van der Waals surface area contributed by atoms with Gasteiger partial charge in [-0.05, 0) is 69.4 Å². The number of nitrogens with zero attached hydrogens (tertiary/aromatic N) is 3. The maximum atomic E-state index is 13.2. The zero-order valence-corrected chi connectivity index (χ0v) is 18.3. The molecule has 8 heteroatoms. The lowest BCUT2D eigenvalue weighted by atomic mass is 10.1. The van der Waals surface area contributed by atoms with Crippen LogP contribution >= 0.6 is 12.2 Å². The van der Waals surface area contributed by atoms with E-state index in [9.17, 15) is 8.42 Å². The highest BCUT2D eigenvalue weighted by Crippen LogP contribution is 2.25. The van der Waals surface area contributed by atoms with Crippen molar-refractivity contribution in [3.8, 4) is 0 Å². The standard InChI is InChI=1S/C20H30N4O2S2/c1-2-23-18-10-9-17(28(25,26)22-13-7-4-8-14-22)15-19(18)24(20(23)27)16-21-11-5-3-6-12-21/h9-10,15H,2-8,11-14,16H2,1H3/p+1. The summed E-state index contributed by atoms with van der Waals surface area (Å²) in [4.78, 5) is 1.93. The molecule has 28 heavy (non-hydrogen) atoms. The second-order valence-corrected chi connectivity index (χ2v) is 10.3. The van der Waals surface area contributed by atoms with Gasteiger partial charge in [-0.1, -0.05) is 6.42 Å². The topological polar surface area (TPSA) is 51.7 Å². The summed E-state index contributed by atoms with van der Waals surface area (Å²) >= 11 is 5.78. The van der Waals surface area contributed by atoms with E-state index in [0.717, 1.165) is 61.4 Å². The van der Waals surface area contributed by atoms with E-state index >= 15 is 0 Å². The minimum Gasteiger partial charge on any atom is -0.317 e. The highest BCUT2D eigenvalue weighted by Gasteiger charge is 2.27. The van der Waals surface area contributed by atoms with E-state index in [-0.39, 0.29) is 0 Å². The summed E-state index contributed by atoms with van der Waals surface area (Å²) in [5.41, 5.74) is 1.98. The largest absolute Gasteiger partial charge is 0.317 e. The van der Waals surface area contributed by atoms with E-state index in [4.69, 9.17) is 12.2 Å². The van der Waals surface area contributed by atoms with E-state index in [0.29, 0.717) is 18.0 Å². The molecule has 2 aromatic rings. The van der Waals surface area contributed by atoms with Gasteiger partial charge in [0.15, 0.2) is 11.4 Å². The first-order valence-electron chi connectivity index (χ1n) is 10.6. The molecule has 1 N–H and O–H groups in total. The van der Waals surface area contributed by atoms with Gasteiger partial charge >= 0.3 is 0 Å². The Morgan fingerprint density at radius 3 is 2.32 bits per heavy atom. The summed E-state index contributed by atoms with van der Waals surface area (Å²) in [5, 5.41) is 0. The molecule has 3 heterocycles. The van der Waals surface area contributed by atoms with Crippen LogP contribution in [0.15, 0.2) is 23.1 Å². The number of hydrogen-bond donors (Lipinski definition) is 1. The first-order valence-corrected chi connectivity index (χ1v) is 12.4. The number of likely N-dealkylation sites (tertiary alicyclic amines) is 1. The highest BCUT2D eigenvalue weighted by atomic mass is 32.2. The normalized spacial score (nSPS) is 20.0. The molecule has 2 saturated heterocycles. The molecule has 0 amide bonds. The SMILES string of the molecule is CCn1c(=S)n(C[NH+]2CCCCC2)c2cc(S(=O)(=O)N3CCCCC3)ccc21. The molecule has 1 aromatic carbocycles. The maximum Gasteiger partial charge on any atom is 0.243 e. The molecular formula is C20H31N4O2S2+. The van der Waals surface area contributed by atoms with Crippen LogP contribution in [0, 0.1) is 4.77 Å². The van der Waals surface area contributed by atoms with Crippen LogP contribution < -0.4 is 4.90 Å². The zero-order chi connectivity index (χ0) is 19.7. The first-order chi connectivity index (χ1) is 13.5. The highest BCUT2D eigenvalue weighted by molar-refractivity contribution is 7.89. The Labute approximate surface area is 172 Å². The average Bonchev–Trinajstić information content (AvgIpc) is 2.99. The van der Waals surface area contributed by atoms with Crippen molar-refractivity contribution >= 4 is 33.3 Å². The second-order valence-electron chi connectivity index (χ2n) is 8.04. The molecule has 1 aromatic heterocycles. The van der Waals surface area contributed by atoms with Crippen LogP contribution in [0.1, 0.15) is 45.4 Å². The Morgan fingerprint density at radius 1 is 0.964 bits per heavy atom. The summed E-state index contributed by atoms with van der Waals surface area (Å²) < 4.78 is 33.1. The van der Waals surface area contributed by atoms with Gasteiger partial charge in [0.2, 0.25) is 10.0 Å². The third-order valence-electron chi connectivity index (χ3n) is 6.20. The van der Waals surface area contributed by atoms with Crippen LogP contribution in [0.25, 0.3) is 11.0 Å². The van der Waals surface area contributed by atoms with E-state index < -0.39 is 10.0 Å². The minimum atomic E-state index is -3.44. The molecule has 0 radical (unpaired) electrons. The van der Waals surface area contributed by atoms with Crippen LogP contribution in [0.2, 0.25) is 0 Å². The summed E-state index contributed by atoms with van der Waals surface area (Å²) in [6.45, 7) is 7.26. The molecule has 2 aliphatic heterocycles. The minimum absolute atomic E-state index is 0.396. The number of rotatable bonds is 5. The number of aryl methyl sites for hydroxylation is 1. The Kier molecular flexibility index (Phi) is 5.92. The molecule has 0 bridgehead atoms. The lowest BCUT2D eigenvalue weighted by molar-refractivity contribution is -0.927. The van der Waals surface area contributed by atoms with Crippen molar-refractivity contribution in [1.82, 2.24) is 13.4 Å². The fourth-order valence-corrected chi connectivity index (χ4v) is 6.53. The maximum absolute atomic E-state index is 13.2. The average molecular weight is 424 g/mol.